The van der Waals surface area contributed by atoms with E-state index in [0.29, 0.717) is 12.3 Å². The molecular formula is C25H26N4O3. The van der Waals surface area contributed by atoms with Gasteiger partial charge in [-0.25, -0.2) is 4.79 Å². The molecule has 0 saturated carbocycles. The van der Waals surface area contributed by atoms with Crippen molar-refractivity contribution in [2.24, 2.45) is 7.05 Å². The molecular weight excluding hydrogens is 404 g/mol. The van der Waals surface area contributed by atoms with E-state index < -0.39 is 0 Å². The number of methoxy groups -OCH3 is 1. The van der Waals surface area contributed by atoms with Crippen LogP contribution in [-0.4, -0.2) is 26.9 Å². The third kappa shape index (κ3) is 4.20. The Kier molecular flexibility index (Phi) is 6.18. The molecule has 1 unspecified atom stereocenters. The summed E-state index contributed by atoms with van der Waals surface area (Å²) >= 11 is 0. The molecule has 0 amide bonds. The average Bonchev–Trinajstić information content (AvgIpc) is 3.13. The normalized spacial score (nSPS) is 12.0. The molecule has 0 saturated heterocycles. The lowest BCUT2D eigenvalue weighted by atomic mass is 9.99. The zero-order valence-electron chi connectivity index (χ0n) is 18.6. The summed E-state index contributed by atoms with van der Waals surface area (Å²) in [5.74, 6) is 0.775. The Labute approximate surface area is 186 Å². The second-order valence-electron chi connectivity index (χ2n) is 7.71. The minimum absolute atomic E-state index is 0.143. The highest BCUT2D eigenvalue weighted by Crippen LogP contribution is 2.30. The molecule has 7 nitrogen and oxygen atoms in total. The van der Waals surface area contributed by atoms with Crippen molar-refractivity contribution in [1.82, 2.24) is 19.8 Å². The molecule has 1 heterocycles. The van der Waals surface area contributed by atoms with Crippen molar-refractivity contribution in [1.29, 1.82) is 0 Å². The van der Waals surface area contributed by atoms with E-state index in [-0.39, 0.29) is 11.8 Å². The van der Waals surface area contributed by atoms with Crippen LogP contribution in [0, 0.1) is 13.8 Å². The Morgan fingerprint density at radius 3 is 2.34 bits per heavy atom. The summed E-state index contributed by atoms with van der Waals surface area (Å²) in [5.41, 5.74) is 5.43. The van der Waals surface area contributed by atoms with Gasteiger partial charge >= 0.3 is 5.69 Å². The van der Waals surface area contributed by atoms with Gasteiger partial charge in [-0.15, -0.1) is 0 Å². The number of tetrazole rings is 1. The summed E-state index contributed by atoms with van der Waals surface area (Å²) in [6, 6.07) is 21.9. The van der Waals surface area contributed by atoms with E-state index in [2.05, 4.69) is 28.6 Å². The van der Waals surface area contributed by atoms with Crippen molar-refractivity contribution >= 4 is 0 Å². The highest BCUT2D eigenvalue weighted by molar-refractivity contribution is 5.45. The first-order valence-electron chi connectivity index (χ1n) is 10.4. The first kappa shape index (κ1) is 21.5. The van der Waals surface area contributed by atoms with E-state index >= 15 is 0 Å². The van der Waals surface area contributed by atoms with Gasteiger partial charge in [0, 0.05) is 19.7 Å². The first-order chi connectivity index (χ1) is 15.5. The molecule has 1 atom stereocenters. The van der Waals surface area contributed by atoms with Crippen LogP contribution in [0.15, 0.2) is 71.5 Å². The Balaban J connectivity index is 1.59. The number of nitrogens with zero attached hydrogens (tertiary/aromatic N) is 4. The average molecular weight is 431 g/mol. The summed E-state index contributed by atoms with van der Waals surface area (Å²) in [5, 5.41) is 7.80. The van der Waals surface area contributed by atoms with Crippen LogP contribution in [0.25, 0.3) is 5.69 Å². The summed E-state index contributed by atoms with van der Waals surface area (Å²) in [6.07, 6.45) is -0.143. The number of hydrogen-bond donors (Lipinski definition) is 0. The van der Waals surface area contributed by atoms with Crippen LogP contribution in [0.2, 0.25) is 0 Å². The third-order valence-electron chi connectivity index (χ3n) is 5.55. The van der Waals surface area contributed by atoms with Gasteiger partial charge in [0.2, 0.25) is 0 Å². The van der Waals surface area contributed by atoms with Crippen molar-refractivity contribution in [3.63, 3.8) is 0 Å². The van der Waals surface area contributed by atoms with E-state index in [0.717, 1.165) is 33.6 Å². The topological polar surface area (TPSA) is 71.2 Å². The van der Waals surface area contributed by atoms with E-state index in [9.17, 15) is 4.79 Å². The Bertz CT molecular complexity index is 1280. The van der Waals surface area contributed by atoms with Crippen LogP contribution in [0.4, 0.5) is 0 Å². The predicted molar refractivity (Wildman–Crippen MR) is 122 cm³/mol. The van der Waals surface area contributed by atoms with Crippen molar-refractivity contribution in [2.45, 2.75) is 26.6 Å². The first-order valence-corrected chi connectivity index (χ1v) is 10.4. The summed E-state index contributed by atoms with van der Waals surface area (Å²) in [6.45, 7) is 4.31. The molecule has 0 radical (unpaired) electrons. The smallest absolute Gasteiger partial charge is 0.368 e. The minimum Gasteiger partial charge on any atom is -0.489 e. The fourth-order valence-corrected chi connectivity index (χ4v) is 3.78. The van der Waals surface area contributed by atoms with Gasteiger partial charge < -0.3 is 9.47 Å². The number of aryl methyl sites for hydroxylation is 3. The Morgan fingerprint density at radius 1 is 0.906 bits per heavy atom. The number of benzene rings is 3. The van der Waals surface area contributed by atoms with Crippen molar-refractivity contribution in [2.75, 3.05) is 7.11 Å². The monoisotopic (exact) mass is 430 g/mol. The number of hydrogen-bond acceptors (Lipinski definition) is 5. The SMILES string of the molecule is COC(c1ccccc1)c1ccc(OCc2c(C)cccc2-n2nnn(C)c2=O)c(C)c1. The van der Waals surface area contributed by atoms with Gasteiger partial charge in [-0.3, -0.25) is 0 Å². The van der Waals surface area contributed by atoms with Crippen LogP contribution in [0.3, 0.4) is 0 Å². The standard InChI is InChI=1S/C25H26N4O3/c1-17-9-8-12-22(29-25(30)28(3)26-27-29)21(17)16-32-23-14-13-20(15-18(23)2)24(31-4)19-10-6-5-7-11-19/h5-15,24H,16H2,1-4H3. The number of aromatic nitrogens is 4. The molecule has 32 heavy (non-hydrogen) atoms. The fourth-order valence-electron chi connectivity index (χ4n) is 3.78. The van der Waals surface area contributed by atoms with Gasteiger partial charge in [-0.1, -0.05) is 48.5 Å². The van der Waals surface area contributed by atoms with Crippen LogP contribution in [0.1, 0.15) is 33.9 Å². The third-order valence-corrected chi connectivity index (χ3v) is 5.55. The van der Waals surface area contributed by atoms with E-state index in [1.165, 1.54) is 9.36 Å². The molecule has 4 aromatic rings. The molecule has 1 aromatic heterocycles. The van der Waals surface area contributed by atoms with Crippen LogP contribution in [0.5, 0.6) is 5.75 Å². The van der Waals surface area contributed by atoms with E-state index in [1.807, 2.05) is 62.4 Å². The van der Waals surface area contributed by atoms with Crippen molar-refractivity contribution in [3.8, 4) is 11.4 Å². The molecule has 3 aromatic carbocycles. The maximum atomic E-state index is 12.4. The van der Waals surface area contributed by atoms with Gasteiger partial charge in [-0.2, -0.15) is 9.36 Å². The lowest BCUT2D eigenvalue weighted by Gasteiger charge is -2.19. The molecule has 0 bridgehead atoms. The summed E-state index contributed by atoms with van der Waals surface area (Å²) in [4.78, 5) is 12.4. The summed E-state index contributed by atoms with van der Waals surface area (Å²) < 4.78 is 14.4. The molecule has 0 fully saturated rings. The van der Waals surface area contributed by atoms with Crippen molar-refractivity contribution in [3.05, 3.63) is 105 Å². The molecule has 4 rings (SSSR count). The Hall–Kier alpha value is -3.71. The molecule has 7 heteroatoms. The lowest BCUT2D eigenvalue weighted by molar-refractivity contribution is 0.136. The zero-order chi connectivity index (χ0) is 22.7. The van der Waals surface area contributed by atoms with Crippen molar-refractivity contribution < 1.29 is 9.47 Å². The number of ether oxygens (including phenoxy) is 2. The maximum absolute atomic E-state index is 12.4. The minimum atomic E-state index is -0.302. The highest BCUT2D eigenvalue weighted by Gasteiger charge is 2.16. The maximum Gasteiger partial charge on any atom is 0.368 e. The molecule has 0 spiro atoms. The molecule has 164 valence electrons. The highest BCUT2D eigenvalue weighted by atomic mass is 16.5. The largest absolute Gasteiger partial charge is 0.489 e. The number of rotatable bonds is 7. The second kappa shape index (κ2) is 9.20. The van der Waals surface area contributed by atoms with Gasteiger partial charge in [0.05, 0.1) is 5.69 Å². The lowest BCUT2D eigenvalue weighted by Crippen LogP contribution is -2.23. The second-order valence-corrected chi connectivity index (χ2v) is 7.71. The molecule has 0 N–H and O–H groups in total. The molecule has 0 aliphatic heterocycles. The Morgan fingerprint density at radius 2 is 1.69 bits per heavy atom. The van der Waals surface area contributed by atoms with Gasteiger partial charge in [-0.05, 0) is 64.7 Å². The molecule has 0 aliphatic carbocycles. The van der Waals surface area contributed by atoms with E-state index in [4.69, 9.17) is 9.47 Å². The predicted octanol–water partition coefficient (Wildman–Crippen LogP) is 3.90. The molecule has 0 aliphatic rings. The van der Waals surface area contributed by atoms with Gasteiger partial charge in [0.1, 0.15) is 18.5 Å². The van der Waals surface area contributed by atoms with E-state index in [1.54, 1.807) is 14.2 Å². The van der Waals surface area contributed by atoms with Crippen LogP contribution < -0.4 is 10.4 Å². The fraction of sp³-hybridized carbons (Fsp3) is 0.240. The van der Waals surface area contributed by atoms with Gasteiger partial charge in [0.25, 0.3) is 0 Å². The summed E-state index contributed by atoms with van der Waals surface area (Å²) in [7, 11) is 3.29. The zero-order valence-corrected chi connectivity index (χ0v) is 18.6. The van der Waals surface area contributed by atoms with Gasteiger partial charge in [0.15, 0.2) is 0 Å². The van der Waals surface area contributed by atoms with Crippen LogP contribution in [-0.2, 0) is 18.4 Å². The quantitative estimate of drug-likeness (QED) is 0.445. The van der Waals surface area contributed by atoms with Crippen LogP contribution >= 0.6 is 0 Å².